The summed E-state index contributed by atoms with van der Waals surface area (Å²) in [5.74, 6) is 0.347. The van der Waals surface area contributed by atoms with Crippen LogP contribution >= 0.6 is 0 Å². The highest BCUT2D eigenvalue weighted by Crippen LogP contribution is 2.26. The van der Waals surface area contributed by atoms with Crippen molar-refractivity contribution >= 4 is 11.9 Å². The number of aromatic nitrogens is 3. The van der Waals surface area contributed by atoms with Crippen molar-refractivity contribution in [1.82, 2.24) is 19.4 Å². The maximum absolute atomic E-state index is 12.9. The third kappa shape index (κ3) is 3.54. The highest BCUT2D eigenvalue weighted by Gasteiger charge is 2.26. The molecule has 1 saturated heterocycles. The van der Waals surface area contributed by atoms with Crippen molar-refractivity contribution < 1.29 is 18.7 Å². The van der Waals surface area contributed by atoms with Gasteiger partial charge in [0.2, 0.25) is 0 Å². The van der Waals surface area contributed by atoms with E-state index in [4.69, 9.17) is 5.11 Å². The summed E-state index contributed by atoms with van der Waals surface area (Å²) >= 11 is 0. The van der Waals surface area contributed by atoms with Gasteiger partial charge >= 0.3 is 6.09 Å². The number of nitrogens with one attached hydrogen (secondary N) is 1. The largest absolute Gasteiger partial charge is 0.465 e. The zero-order chi connectivity index (χ0) is 18.1. The summed E-state index contributed by atoms with van der Waals surface area (Å²) in [4.78, 5) is 20.7. The second-order valence-corrected chi connectivity index (χ2v) is 6.08. The van der Waals surface area contributed by atoms with Gasteiger partial charge in [-0.25, -0.2) is 23.5 Å². The van der Waals surface area contributed by atoms with Crippen molar-refractivity contribution in [3.63, 3.8) is 0 Å². The van der Waals surface area contributed by atoms with Crippen LogP contribution in [-0.2, 0) is 7.05 Å². The molecule has 2 aromatic rings. The average Bonchev–Trinajstić information content (AvgIpc) is 3.14. The molecule has 1 atom stereocenters. The third-order valence-corrected chi connectivity index (χ3v) is 4.28. The number of hydrogen-bond donors (Lipinski definition) is 2. The third-order valence-electron chi connectivity index (χ3n) is 4.28. The number of alkyl halides is 2. The summed E-state index contributed by atoms with van der Waals surface area (Å²) < 4.78 is 27.1. The Bertz CT molecular complexity index is 793. The number of nitrogens with zero attached hydrogens (tertiary/aromatic N) is 4. The zero-order valence-corrected chi connectivity index (χ0v) is 13.9. The molecule has 1 aliphatic heterocycles. The molecule has 0 bridgehead atoms. The predicted molar refractivity (Wildman–Crippen MR) is 87.8 cm³/mol. The van der Waals surface area contributed by atoms with Gasteiger partial charge in [0.25, 0.3) is 6.43 Å². The second kappa shape index (κ2) is 6.66. The van der Waals surface area contributed by atoms with Crippen molar-refractivity contribution in [2.45, 2.75) is 25.8 Å². The Hall–Kier alpha value is -2.71. The molecule has 2 aromatic heterocycles. The molecule has 1 fully saturated rings. The fourth-order valence-corrected chi connectivity index (χ4v) is 2.99. The normalized spacial score (nSPS) is 17.3. The number of aryl methyl sites for hydroxylation is 2. The number of imidazole rings is 1. The molecule has 25 heavy (non-hydrogen) atoms. The number of halogens is 2. The summed E-state index contributed by atoms with van der Waals surface area (Å²) in [6, 6.07) is 3.54. The lowest BCUT2D eigenvalue weighted by Gasteiger charge is -2.15. The molecular formula is C16H19F2N5O2. The Morgan fingerprint density at radius 3 is 2.72 bits per heavy atom. The number of carboxylic acid groups (broad SMARTS) is 1. The van der Waals surface area contributed by atoms with E-state index >= 15 is 0 Å². The molecule has 0 aromatic carbocycles. The van der Waals surface area contributed by atoms with Crippen LogP contribution in [0.15, 0.2) is 18.3 Å². The number of rotatable bonds is 4. The van der Waals surface area contributed by atoms with Gasteiger partial charge in [0.05, 0.1) is 5.69 Å². The van der Waals surface area contributed by atoms with Crippen LogP contribution in [0.3, 0.4) is 0 Å². The van der Waals surface area contributed by atoms with Crippen LogP contribution in [0, 0.1) is 6.92 Å². The summed E-state index contributed by atoms with van der Waals surface area (Å²) in [7, 11) is 1.53. The SMILES string of the molecule is Cc1nc(N[C@H]2CCN(C(=O)O)C2)ccc1-c1cn(C)c(C(F)F)n1. The quantitative estimate of drug-likeness (QED) is 0.885. The minimum Gasteiger partial charge on any atom is -0.465 e. The molecule has 0 saturated carbocycles. The monoisotopic (exact) mass is 351 g/mol. The van der Waals surface area contributed by atoms with Gasteiger partial charge in [-0.1, -0.05) is 0 Å². The van der Waals surface area contributed by atoms with Gasteiger partial charge in [-0.2, -0.15) is 0 Å². The predicted octanol–water partition coefficient (Wildman–Crippen LogP) is 2.89. The summed E-state index contributed by atoms with van der Waals surface area (Å²) in [5.41, 5.74) is 1.80. The maximum Gasteiger partial charge on any atom is 0.407 e. The van der Waals surface area contributed by atoms with E-state index in [0.29, 0.717) is 42.3 Å². The van der Waals surface area contributed by atoms with E-state index in [1.807, 2.05) is 0 Å². The van der Waals surface area contributed by atoms with Gasteiger partial charge < -0.3 is 19.9 Å². The van der Waals surface area contributed by atoms with Gasteiger partial charge in [-0.15, -0.1) is 0 Å². The summed E-state index contributed by atoms with van der Waals surface area (Å²) in [6.45, 7) is 2.69. The molecule has 0 radical (unpaired) electrons. The van der Waals surface area contributed by atoms with Gasteiger partial charge in [0, 0.05) is 43.6 Å². The topological polar surface area (TPSA) is 83.3 Å². The van der Waals surface area contributed by atoms with Crippen LogP contribution in [0.25, 0.3) is 11.3 Å². The lowest BCUT2D eigenvalue weighted by Crippen LogP contribution is -2.30. The van der Waals surface area contributed by atoms with E-state index in [1.54, 1.807) is 25.3 Å². The molecule has 0 aliphatic carbocycles. The Balaban J connectivity index is 1.75. The molecule has 0 spiro atoms. The average molecular weight is 351 g/mol. The number of hydrogen-bond acceptors (Lipinski definition) is 4. The number of pyridine rings is 1. The van der Waals surface area contributed by atoms with Crippen LogP contribution in [0.2, 0.25) is 0 Å². The molecule has 1 aliphatic rings. The second-order valence-electron chi connectivity index (χ2n) is 6.08. The summed E-state index contributed by atoms with van der Waals surface area (Å²) in [6.07, 6.45) is -1.28. The van der Waals surface area contributed by atoms with Gasteiger partial charge in [-0.3, -0.25) is 0 Å². The molecule has 1 amide bonds. The van der Waals surface area contributed by atoms with Crippen molar-refractivity contribution in [2.75, 3.05) is 18.4 Å². The number of amides is 1. The highest BCUT2D eigenvalue weighted by molar-refractivity contribution is 5.66. The first-order valence-corrected chi connectivity index (χ1v) is 7.89. The van der Waals surface area contributed by atoms with E-state index in [0.717, 1.165) is 0 Å². The molecule has 7 nitrogen and oxygen atoms in total. The highest BCUT2D eigenvalue weighted by atomic mass is 19.3. The van der Waals surface area contributed by atoms with E-state index < -0.39 is 12.5 Å². The maximum atomic E-state index is 12.9. The minimum atomic E-state index is -2.63. The minimum absolute atomic E-state index is 0.00846. The van der Waals surface area contributed by atoms with E-state index in [-0.39, 0.29) is 11.9 Å². The number of carbonyl (C=O) groups is 1. The molecule has 2 N–H and O–H groups in total. The fourth-order valence-electron chi connectivity index (χ4n) is 2.99. The molecule has 9 heteroatoms. The van der Waals surface area contributed by atoms with Gasteiger partial charge in [0.1, 0.15) is 5.82 Å². The molecule has 3 rings (SSSR count). The van der Waals surface area contributed by atoms with Crippen molar-refractivity contribution in [3.8, 4) is 11.3 Å². The van der Waals surface area contributed by atoms with E-state index in [2.05, 4.69) is 15.3 Å². The number of anilines is 1. The van der Waals surface area contributed by atoms with Crippen LogP contribution in [0.1, 0.15) is 24.4 Å². The first-order valence-electron chi connectivity index (χ1n) is 7.89. The lowest BCUT2D eigenvalue weighted by atomic mass is 10.1. The van der Waals surface area contributed by atoms with E-state index in [9.17, 15) is 13.6 Å². The Labute approximate surface area is 143 Å². The Morgan fingerprint density at radius 2 is 2.16 bits per heavy atom. The smallest absolute Gasteiger partial charge is 0.407 e. The molecule has 0 unspecified atom stereocenters. The molecular weight excluding hydrogens is 332 g/mol. The first-order chi connectivity index (χ1) is 11.8. The zero-order valence-electron chi connectivity index (χ0n) is 13.9. The Morgan fingerprint density at radius 1 is 1.40 bits per heavy atom. The van der Waals surface area contributed by atoms with Crippen molar-refractivity contribution in [2.24, 2.45) is 7.05 Å². The van der Waals surface area contributed by atoms with Crippen LogP contribution in [0.4, 0.5) is 19.4 Å². The Kier molecular flexibility index (Phi) is 4.56. The summed E-state index contributed by atoms with van der Waals surface area (Å²) in [5, 5.41) is 12.2. The number of likely N-dealkylation sites (tertiary alicyclic amines) is 1. The molecule has 134 valence electrons. The first kappa shape index (κ1) is 17.1. The van der Waals surface area contributed by atoms with Crippen molar-refractivity contribution in [3.05, 3.63) is 29.8 Å². The fraction of sp³-hybridized carbons (Fsp3) is 0.438. The van der Waals surface area contributed by atoms with E-state index in [1.165, 1.54) is 16.5 Å². The van der Waals surface area contributed by atoms with Crippen LogP contribution in [-0.4, -0.2) is 49.8 Å². The van der Waals surface area contributed by atoms with Gasteiger partial charge in [0.15, 0.2) is 5.82 Å². The van der Waals surface area contributed by atoms with Gasteiger partial charge in [-0.05, 0) is 25.5 Å². The van der Waals surface area contributed by atoms with Crippen LogP contribution in [0.5, 0.6) is 0 Å². The standard InChI is InChI=1S/C16H19F2N5O2/c1-9-11(12-8-22(2)15(21-12)14(17)18)3-4-13(19-9)20-10-5-6-23(7-10)16(24)25/h3-4,8,10,14H,5-7H2,1-2H3,(H,19,20)(H,24,25)/t10-/m0/s1. The van der Waals surface area contributed by atoms with Crippen molar-refractivity contribution in [1.29, 1.82) is 0 Å². The molecule has 3 heterocycles. The lowest BCUT2D eigenvalue weighted by molar-refractivity contribution is 0.137. The van der Waals surface area contributed by atoms with Crippen LogP contribution < -0.4 is 5.32 Å².